The Labute approximate surface area is 101 Å². The van der Waals surface area contributed by atoms with Gasteiger partial charge < -0.3 is 10.8 Å². The second-order valence-electron chi connectivity index (χ2n) is 4.49. The van der Waals surface area contributed by atoms with E-state index in [0.717, 1.165) is 38.0 Å². The minimum atomic E-state index is -0.210. The largest absolute Gasteiger partial charge is 0.392 e. The highest BCUT2D eigenvalue weighted by molar-refractivity contribution is 5.93. The molecule has 0 radical (unpaired) electrons. The monoisotopic (exact) mass is 234 g/mol. The fourth-order valence-electron chi connectivity index (χ4n) is 2.15. The first-order valence-corrected chi connectivity index (χ1v) is 5.85. The van der Waals surface area contributed by atoms with E-state index in [1.54, 1.807) is 6.20 Å². The number of aromatic nitrogens is 1. The second kappa shape index (κ2) is 5.25. The molecular formula is C12H18N4O. The molecule has 5 nitrogen and oxygen atoms in total. The van der Waals surface area contributed by atoms with Gasteiger partial charge in [-0.25, -0.2) is 0 Å². The van der Waals surface area contributed by atoms with Crippen LogP contribution < -0.4 is 5.73 Å². The van der Waals surface area contributed by atoms with Gasteiger partial charge in [0.2, 0.25) is 0 Å². The van der Waals surface area contributed by atoms with Gasteiger partial charge in [-0.2, -0.15) is 0 Å². The summed E-state index contributed by atoms with van der Waals surface area (Å²) in [4.78, 5) is 6.25. The number of pyridine rings is 1. The van der Waals surface area contributed by atoms with E-state index in [-0.39, 0.29) is 11.9 Å². The zero-order valence-corrected chi connectivity index (χ0v) is 9.76. The number of aliphatic hydroxyl groups excluding tert-OH is 1. The number of hydrogen-bond acceptors (Lipinski definition) is 4. The summed E-state index contributed by atoms with van der Waals surface area (Å²) in [5, 5.41) is 16.9. The highest BCUT2D eigenvalue weighted by atomic mass is 16.3. The van der Waals surface area contributed by atoms with Crippen LogP contribution in [0.2, 0.25) is 0 Å². The first-order chi connectivity index (χ1) is 8.15. The van der Waals surface area contributed by atoms with E-state index in [1.807, 2.05) is 12.1 Å². The predicted octanol–water partition coefficient (Wildman–Crippen LogP) is 0.322. The van der Waals surface area contributed by atoms with Crippen LogP contribution in [-0.2, 0) is 6.54 Å². The van der Waals surface area contributed by atoms with Crippen LogP contribution in [0, 0.1) is 5.41 Å². The molecule has 1 aromatic rings. The minimum Gasteiger partial charge on any atom is -0.392 e. The normalized spacial score (nSPS) is 21.4. The molecule has 0 aromatic carbocycles. The average molecular weight is 234 g/mol. The third kappa shape index (κ3) is 3.25. The molecule has 1 fully saturated rings. The Kier molecular flexibility index (Phi) is 3.71. The fourth-order valence-corrected chi connectivity index (χ4v) is 2.15. The lowest BCUT2D eigenvalue weighted by atomic mass is 10.1. The van der Waals surface area contributed by atoms with E-state index in [9.17, 15) is 5.11 Å². The molecule has 92 valence electrons. The molecule has 4 N–H and O–H groups in total. The van der Waals surface area contributed by atoms with E-state index in [1.165, 1.54) is 0 Å². The summed E-state index contributed by atoms with van der Waals surface area (Å²) in [6.45, 7) is 2.51. The zero-order valence-electron chi connectivity index (χ0n) is 9.76. The Balaban J connectivity index is 2.02. The molecule has 5 heteroatoms. The maximum absolute atomic E-state index is 9.59. The van der Waals surface area contributed by atoms with Crippen LogP contribution in [0.3, 0.4) is 0 Å². The predicted molar refractivity (Wildman–Crippen MR) is 65.8 cm³/mol. The van der Waals surface area contributed by atoms with Gasteiger partial charge in [0.1, 0.15) is 11.5 Å². The van der Waals surface area contributed by atoms with Crippen molar-refractivity contribution in [1.82, 2.24) is 9.88 Å². The maximum Gasteiger partial charge on any atom is 0.141 e. The lowest BCUT2D eigenvalue weighted by Crippen LogP contribution is -2.37. The number of rotatable bonds is 3. The quantitative estimate of drug-likeness (QED) is 0.519. The number of likely N-dealkylation sites (tertiary alicyclic amines) is 1. The van der Waals surface area contributed by atoms with Gasteiger partial charge in [-0.3, -0.25) is 15.3 Å². The topological polar surface area (TPSA) is 86.2 Å². The molecule has 1 unspecified atom stereocenters. The van der Waals surface area contributed by atoms with Crippen molar-refractivity contribution in [2.45, 2.75) is 25.5 Å². The number of nitrogen functional groups attached to an aromatic ring is 1. The third-order valence-electron chi connectivity index (χ3n) is 2.99. The molecule has 2 heterocycles. The molecule has 1 aliphatic rings. The van der Waals surface area contributed by atoms with E-state index in [2.05, 4.69) is 9.88 Å². The van der Waals surface area contributed by atoms with Crippen molar-refractivity contribution in [3.8, 4) is 0 Å². The molecule has 0 spiro atoms. The van der Waals surface area contributed by atoms with Crippen molar-refractivity contribution in [2.75, 3.05) is 13.1 Å². The Morgan fingerprint density at radius 3 is 3.18 bits per heavy atom. The first kappa shape index (κ1) is 12.0. The number of β-amino-alcohol motifs (C(OH)–C–C–N with tert-alkyl or cyclic N) is 1. The Hall–Kier alpha value is -1.46. The molecule has 2 rings (SSSR count). The van der Waals surface area contributed by atoms with Crippen molar-refractivity contribution < 1.29 is 5.11 Å². The lowest BCUT2D eigenvalue weighted by molar-refractivity contribution is 0.0668. The molecule has 1 atom stereocenters. The Morgan fingerprint density at radius 1 is 1.65 bits per heavy atom. The van der Waals surface area contributed by atoms with Gasteiger partial charge in [-0.15, -0.1) is 0 Å². The summed E-state index contributed by atoms with van der Waals surface area (Å²) in [5.74, 6) is -0.00877. The number of nitrogens with two attached hydrogens (primary N) is 1. The van der Waals surface area contributed by atoms with Gasteiger partial charge in [0.25, 0.3) is 0 Å². The molecule has 0 bridgehead atoms. The van der Waals surface area contributed by atoms with Gasteiger partial charge >= 0.3 is 0 Å². The molecule has 0 amide bonds. The minimum absolute atomic E-state index is 0.00877. The molecule has 17 heavy (non-hydrogen) atoms. The first-order valence-electron chi connectivity index (χ1n) is 5.85. The zero-order chi connectivity index (χ0) is 12.3. The summed E-state index contributed by atoms with van der Waals surface area (Å²) in [6.07, 6.45) is 3.39. The van der Waals surface area contributed by atoms with Crippen LogP contribution in [0.4, 0.5) is 0 Å². The fraction of sp³-hybridized carbons (Fsp3) is 0.500. The highest BCUT2D eigenvalue weighted by Gasteiger charge is 2.17. The van der Waals surface area contributed by atoms with E-state index < -0.39 is 0 Å². The summed E-state index contributed by atoms with van der Waals surface area (Å²) in [6, 6.07) is 3.76. The van der Waals surface area contributed by atoms with E-state index in [0.29, 0.717) is 5.69 Å². The average Bonchev–Trinajstić information content (AvgIpc) is 2.29. The summed E-state index contributed by atoms with van der Waals surface area (Å²) >= 11 is 0. The van der Waals surface area contributed by atoms with Crippen molar-refractivity contribution in [1.29, 1.82) is 5.41 Å². The molecular weight excluding hydrogens is 216 g/mol. The van der Waals surface area contributed by atoms with Crippen LogP contribution in [-0.4, -0.2) is 40.0 Å². The molecule has 1 aliphatic heterocycles. The summed E-state index contributed by atoms with van der Waals surface area (Å²) < 4.78 is 0. The smallest absolute Gasteiger partial charge is 0.141 e. The number of nitrogens with one attached hydrogen (secondary N) is 1. The summed E-state index contributed by atoms with van der Waals surface area (Å²) in [5.41, 5.74) is 7.00. The van der Waals surface area contributed by atoms with Crippen molar-refractivity contribution in [3.05, 3.63) is 29.6 Å². The van der Waals surface area contributed by atoms with Crippen molar-refractivity contribution in [3.63, 3.8) is 0 Å². The standard InChI is InChI=1S/C12H18N4O/c13-12(14)11-6-9(3-4-15-11)7-16-5-1-2-10(17)8-16/h3-4,6,10,17H,1-2,5,7-8H2,(H3,13,14). The van der Waals surface area contributed by atoms with Crippen LogP contribution >= 0.6 is 0 Å². The molecule has 1 saturated heterocycles. The number of amidine groups is 1. The number of aliphatic hydroxyl groups is 1. The number of hydrogen-bond donors (Lipinski definition) is 3. The van der Waals surface area contributed by atoms with Crippen molar-refractivity contribution >= 4 is 5.84 Å². The van der Waals surface area contributed by atoms with E-state index in [4.69, 9.17) is 11.1 Å². The molecule has 0 aliphatic carbocycles. The van der Waals surface area contributed by atoms with Crippen molar-refractivity contribution in [2.24, 2.45) is 5.73 Å². The van der Waals surface area contributed by atoms with Crippen LogP contribution in [0.25, 0.3) is 0 Å². The summed E-state index contributed by atoms with van der Waals surface area (Å²) in [7, 11) is 0. The Bertz CT molecular complexity index is 407. The molecule has 0 saturated carbocycles. The number of nitrogens with zero attached hydrogens (tertiary/aromatic N) is 2. The van der Waals surface area contributed by atoms with Gasteiger partial charge in [-0.05, 0) is 37.1 Å². The Morgan fingerprint density at radius 2 is 2.47 bits per heavy atom. The van der Waals surface area contributed by atoms with Crippen LogP contribution in [0.15, 0.2) is 18.3 Å². The lowest BCUT2D eigenvalue weighted by Gasteiger charge is -2.29. The van der Waals surface area contributed by atoms with Gasteiger partial charge in [0, 0.05) is 19.3 Å². The number of piperidine rings is 1. The maximum atomic E-state index is 9.59. The van der Waals surface area contributed by atoms with Gasteiger partial charge in [0.05, 0.1) is 6.10 Å². The highest BCUT2D eigenvalue weighted by Crippen LogP contribution is 2.13. The third-order valence-corrected chi connectivity index (χ3v) is 2.99. The van der Waals surface area contributed by atoms with E-state index >= 15 is 0 Å². The second-order valence-corrected chi connectivity index (χ2v) is 4.49. The van der Waals surface area contributed by atoms with Crippen LogP contribution in [0.1, 0.15) is 24.1 Å². The van der Waals surface area contributed by atoms with Crippen LogP contribution in [0.5, 0.6) is 0 Å². The SMILES string of the molecule is N=C(N)c1cc(CN2CCCC(O)C2)ccn1. The molecule has 1 aromatic heterocycles. The van der Waals surface area contributed by atoms with Gasteiger partial charge in [-0.1, -0.05) is 0 Å². The van der Waals surface area contributed by atoms with Gasteiger partial charge in [0.15, 0.2) is 0 Å².